The highest BCUT2D eigenvalue weighted by molar-refractivity contribution is 7.87. The number of hydrazone groups is 1. The van der Waals surface area contributed by atoms with Crippen molar-refractivity contribution in [2.24, 2.45) is 5.10 Å². The molecule has 0 amide bonds. The zero-order valence-electron chi connectivity index (χ0n) is 19.8. The summed E-state index contributed by atoms with van der Waals surface area (Å²) in [6, 6.07) is 17.3. The lowest BCUT2D eigenvalue weighted by Crippen LogP contribution is -2.11. The number of nitrogens with one attached hydrogen (secondary N) is 1. The van der Waals surface area contributed by atoms with E-state index in [0.29, 0.717) is 23.0 Å². The molecule has 0 atom stereocenters. The van der Waals surface area contributed by atoms with Gasteiger partial charge in [0.1, 0.15) is 4.90 Å². The van der Waals surface area contributed by atoms with Crippen LogP contribution in [0.25, 0.3) is 11.3 Å². The van der Waals surface area contributed by atoms with Gasteiger partial charge < -0.3 is 8.92 Å². The van der Waals surface area contributed by atoms with Crippen molar-refractivity contribution in [1.82, 2.24) is 4.98 Å². The molecule has 4 aromatic rings. The molecule has 0 fully saturated rings. The fourth-order valence-electron chi connectivity index (χ4n) is 3.19. The normalized spacial score (nSPS) is 11.4. The molecule has 12 heteroatoms. The lowest BCUT2D eigenvalue weighted by molar-refractivity contribution is -0.384. The molecule has 37 heavy (non-hydrogen) atoms. The lowest BCUT2D eigenvalue weighted by Gasteiger charge is -2.12. The third-order valence-corrected chi connectivity index (χ3v) is 7.02. The van der Waals surface area contributed by atoms with Crippen molar-refractivity contribution in [2.45, 2.75) is 18.7 Å². The molecule has 1 N–H and O–H groups in total. The monoisotopic (exact) mass is 538 g/mol. The number of aryl methyl sites for hydroxylation is 1. The van der Waals surface area contributed by atoms with Crippen molar-refractivity contribution in [2.75, 3.05) is 12.0 Å². The molecule has 4 rings (SSSR count). The van der Waals surface area contributed by atoms with Crippen LogP contribution in [-0.4, -0.2) is 31.1 Å². The summed E-state index contributed by atoms with van der Waals surface area (Å²) in [5.41, 5.74) is 5.84. The number of nitro benzene ring substituents is 1. The molecule has 10 nitrogen and oxygen atoms in total. The summed E-state index contributed by atoms with van der Waals surface area (Å²) in [5, 5.41) is 17.3. The van der Waals surface area contributed by atoms with E-state index in [9.17, 15) is 18.5 Å². The Kier molecular flexibility index (Phi) is 7.80. The van der Waals surface area contributed by atoms with Crippen molar-refractivity contribution >= 4 is 38.5 Å². The topological polar surface area (TPSA) is 133 Å². The van der Waals surface area contributed by atoms with Gasteiger partial charge in [-0.15, -0.1) is 11.3 Å². The van der Waals surface area contributed by atoms with Gasteiger partial charge in [-0.25, -0.2) is 4.98 Å². The first-order valence-corrected chi connectivity index (χ1v) is 13.3. The summed E-state index contributed by atoms with van der Waals surface area (Å²) in [7, 11) is -4.03. The van der Waals surface area contributed by atoms with Crippen molar-refractivity contribution in [1.29, 1.82) is 0 Å². The molecule has 0 saturated heterocycles. The van der Waals surface area contributed by atoms with Crippen LogP contribution < -0.4 is 14.3 Å². The molecule has 0 bridgehead atoms. The number of benzene rings is 3. The number of anilines is 1. The standard InChI is InChI=1S/C25H22N4O6S2/c1-3-34-24-14-18(6-13-23(24)35-37(32,33)21-11-4-17(2)5-12-21)15-26-28-25-27-22(16-36-25)19-7-9-20(10-8-19)29(30)31/h4-16H,3H2,1-2H3,(H,27,28). The van der Waals surface area contributed by atoms with Crippen molar-refractivity contribution < 1.29 is 22.3 Å². The minimum Gasteiger partial charge on any atom is -0.490 e. The number of nitro groups is 1. The maximum atomic E-state index is 12.7. The number of rotatable bonds is 10. The fraction of sp³-hybridized carbons (Fsp3) is 0.120. The molecule has 0 radical (unpaired) electrons. The van der Waals surface area contributed by atoms with Gasteiger partial charge in [0.15, 0.2) is 11.5 Å². The van der Waals surface area contributed by atoms with E-state index in [0.717, 1.165) is 11.1 Å². The molecule has 0 spiro atoms. The third kappa shape index (κ3) is 6.48. The first-order chi connectivity index (χ1) is 17.7. The van der Waals surface area contributed by atoms with Crippen LogP contribution in [0, 0.1) is 17.0 Å². The van der Waals surface area contributed by atoms with Gasteiger partial charge in [0.2, 0.25) is 5.13 Å². The van der Waals surface area contributed by atoms with Crippen molar-refractivity contribution in [3.05, 3.63) is 93.4 Å². The number of thiazole rings is 1. The first kappa shape index (κ1) is 25.8. The largest absolute Gasteiger partial charge is 0.490 e. The highest BCUT2D eigenvalue weighted by Gasteiger charge is 2.19. The highest BCUT2D eigenvalue weighted by atomic mass is 32.2. The average Bonchev–Trinajstić information content (AvgIpc) is 3.35. The highest BCUT2D eigenvalue weighted by Crippen LogP contribution is 2.31. The Morgan fingerprint density at radius 3 is 2.49 bits per heavy atom. The Morgan fingerprint density at radius 1 is 1.08 bits per heavy atom. The number of nitrogens with zero attached hydrogens (tertiary/aromatic N) is 3. The van der Waals surface area contributed by atoms with Crippen LogP contribution in [0.3, 0.4) is 0 Å². The fourth-order valence-corrected chi connectivity index (χ4v) is 4.80. The minimum atomic E-state index is -4.03. The van der Waals surface area contributed by atoms with E-state index in [1.54, 1.807) is 43.3 Å². The molecular weight excluding hydrogens is 516 g/mol. The molecule has 0 aliphatic carbocycles. The van der Waals surface area contributed by atoms with Gasteiger partial charge >= 0.3 is 10.1 Å². The van der Waals surface area contributed by atoms with E-state index in [1.807, 2.05) is 12.3 Å². The summed E-state index contributed by atoms with van der Waals surface area (Å²) in [4.78, 5) is 14.8. The van der Waals surface area contributed by atoms with Crippen molar-refractivity contribution in [3.63, 3.8) is 0 Å². The second-order valence-corrected chi connectivity index (χ2v) is 10.1. The maximum absolute atomic E-state index is 12.7. The predicted octanol–water partition coefficient (Wildman–Crippen LogP) is 5.64. The van der Waals surface area contributed by atoms with E-state index in [4.69, 9.17) is 8.92 Å². The average molecular weight is 539 g/mol. The van der Waals surface area contributed by atoms with Crippen LogP contribution in [0.4, 0.5) is 10.8 Å². The summed E-state index contributed by atoms with van der Waals surface area (Å²) >= 11 is 1.33. The molecule has 0 unspecified atom stereocenters. The summed E-state index contributed by atoms with van der Waals surface area (Å²) in [6.07, 6.45) is 1.54. The lowest BCUT2D eigenvalue weighted by atomic mass is 10.1. The van der Waals surface area contributed by atoms with Crippen LogP contribution in [0.15, 0.2) is 82.1 Å². The number of hydrogen-bond acceptors (Lipinski definition) is 10. The van der Waals surface area contributed by atoms with Gasteiger partial charge in [0.05, 0.1) is 23.4 Å². The molecular formula is C25H22N4O6S2. The maximum Gasteiger partial charge on any atom is 0.339 e. The molecule has 1 heterocycles. The van der Waals surface area contributed by atoms with Gasteiger partial charge in [-0.1, -0.05) is 17.7 Å². The van der Waals surface area contributed by atoms with Gasteiger partial charge in [-0.2, -0.15) is 13.5 Å². The number of non-ortho nitro benzene ring substituents is 1. The Bertz CT molecular complexity index is 1530. The molecule has 190 valence electrons. The molecule has 3 aromatic carbocycles. The van der Waals surface area contributed by atoms with Gasteiger partial charge in [-0.05, 0) is 61.9 Å². The first-order valence-electron chi connectivity index (χ1n) is 11.0. The Balaban J connectivity index is 1.45. The number of ether oxygens (including phenoxy) is 1. The quantitative estimate of drug-likeness (QED) is 0.119. The van der Waals surface area contributed by atoms with Gasteiger partial charge in [0.25, 0.3) is 5.69 Å². The molecule has 0 saturated carbocycles. The third-order valence-electron chi connectivity index (χ3n) is 5.03. The van der Waals surface area contributed by atoms with E-state index in [-0.39, 0.29) is 22.1 Å². The summed E-state index contributed by atoms with van der Waals surface area (Å²) in [6.45, 7) is 3.96. The molecule has 1 aromatic heterocycles. The molecule has 0 aliphatic rings. The SMILES string of the molecule is CCOc1cc(C=NNc2nc(-c3ccc([N+](=O)[O-])cc3)cs2)ccc1OS(=O)(=O)c1ccc(C)cc1. The Labute approximate surface area is 217 Å². The zero-order chi connectivity index (χ0) is 26.4. The van der Waals surface area contributed by atoms with E-state index in [1.165, 1.54) is 47.9 Å². The number of hydrogen-bond donors (Lipinski definition) is 1. The zero-order valence-corrected chi connectivity index (χ0v) is 21.5. The van der Waals surface area contributed by atoms with Crippen LogP contribution >= 0.6 is 11.3 Å². The molecule has 0 aliphatic heterocycles. The van der Waals surface area contributed by atoms with E-state index in [2.05, 4.69) is 15.5 Å². The van der Waals surface area contributed by atoms with Gasteiger partial charge in [0, 0.05) is 23.1 Å². The van der Waals surface area contributed by atoms with E-state index >= 15 is 0 Å². The minimum absolute atomic E-state index is 0.0116. The van der Waals surface area contributed by atoms with Crippen LogP contribution in [0.5, 0.6) is 11.5 Å². The van der Waals surface area contributed by atoms with Crippen LogP contribution in [-0.2, 0) is 10.1 Å². The van der Waals surface area contributed by atoms with Gasteiger partial charge in [-0.3, -0.25) is 15.5 Å². The smallest absolute Gasteiger partial charge is 0.339 e. The second kappa shape index (κ2) is 11.2. The summed E-state index contributed by atoms with van der Waals surface area (Å²) in [5.74, 6) is 0.331. The van der Waals surface area contributed by atoms with E-state index < -0.39 is 15.0 Å². The van der Waals surface area contributed by atoms with Crippen LogP contribution in [0.2, 0.25) is 0 Å². The second-order valence-electron chi connectivity index (χ2n) is 7.70. The van der Waals surface area contributed by atoms with Crippen LogP contribution in [0.1, 0.15) is 18.1 Å². The number of aromatic nitrogens is 1. The predicted molar refractivity (Wildman–Crippen MR) is 142 cm³/mol. The summed E-state index contributed by atoms with van der Waals surface area (Å²) < 4.78 is 36.3. The Hall–Kier alpha value is -4.29. The van der Waals surface area contributed by atoms with Crippen molar-refractivity contribution in [3.8, 4) is 22.8 Å². The Morgan fingerprint density at radius 2 is 1.81 bits per heavy atom.